The molecule has 3 aromatic rings. The van der Waals surface area contributed by atoms with Crippen LogP contribution in [0.25, 0.3) is 11.3 Å². The first-order chi connectivity index (χ1) is 15.8. The van der Waals surface area contributed by atoms with Crippen LogP contribution in [0.1, 0.15) is 19.0 Å². The molecule has 10 nitrogen and oxygen atoms in total. The summed E-state index contributed by atoms with van der Waals surface area (Å²) >= 11 is 1.18. The lowest BCUT2D eigenvalue weighted by atomic mass is 9.89. The van der Waals surface area contributed by atoms with E-state index in [-0.39, 0.29) is 18.7 Å². The van der Waals surface area contributed by atoms with Gasteiger partial charge in [-0.15, -0.1) is 11.3 Å². The molecule has 2 amide bonds. The standard InChI is InChI=1S/C21H20FN5O5S/c1-2-21(7-13-8-23-10-24-13,27-17(28)15-16(32-15)18(29)30)19(31)26-20-25-14(9-33-20)11-3-5-12(22)6-4-11/h3-6,8-10,15-16H,2,7H2,1H3,(H,23,24)(H,27,28)(H,29,30)(H,25,26,31). The number of aromatic amines is 1. The minimum Gasteiger partial charge on any atom is -0.479 e. The average Bonchev–Trinajstić information content (AvgIpc) is 3.21. The van der Waals surface area contributed by atoms with Gasteiger partial charge in [-0.25, -0.2) is 19.2 Å². The Hall–Kier alpha value is -3.64. The summed E-state index contributed by atoms with van der Waals surface area (Å²) in [5, 5.41) is 16.5. The number of carboxylic acids is 1. The number of aromatic nitrogens is 3. The number of hydrogen-bond acceptors (Lipinski definition) is 7. The van der Waals surface area contributed by atoms with E-state index in [4.69, 9.17) is 9.84 Å². The summed E-state index contributed by atoms with van der Waals surface area (Å²) < 4.78 is 18.1. The van der Waals surface area contributed by atoms with Crippen molar-refractivity contribution < 1.29 is 28.6 Å². The van der Waals surface area contributed by atoms with Crippen LogP contribution in [0.5, 0.6) is 0 Å². The topological polar surface area (TPSA) is 150 Å². The van der Waals surface area contributed by atoms with Crippen LogP contribution in [0.3, 0.4) is 0 Å². The predicted molar refractivity (Wildman–Crippen MR) is 116 cm³/mol. The summed E-state index contributed by atoms with van der Waals surface area (Å²) in [5.74, 6) is -2.83. The van der Waals surface area contributed by atoms with E-state index >= 15 is 0 Å². The highest BCUT2D eigenvalue weighted by Crippen LogP contribution is 2.28. The first kappa shape index (κ1) is 22.6. The highest BCUT2D eigenvalue weighted by molar-refractivity contribution is 7.14. The van der Waals surface area contributed by atoms with E-state index in [1.54, 1.807) is 24.4 Å². The second kappa shape index (κ2) is 9.08. The average molecular weight is 473 g/mol. The van der Waals surface area contributed by atoms with Gasteiger partial charge in [0.05, 0.1) is 12.0 Å². The zero-order valence-corrected chi connectivity index (χ0v) is 18.2. The molecule has 33 heavy (non-hydrogen) atoms. The molecule has 172 valence electrons. The molecule has 1 saturated heterocycles. The van der Waals surface area contributed by atoms with E-state index in [0.29, 0.717) is 22.1 Å². The predicted octanol–water partition coefficient (Wildman–Crippen LogP) is 1.97. The molecule has 1 aromatic carbocycles. The summed E-state index contributed by atoms with van der Waals surface area (Å²) in [4.78, 5) is 48.3. The molecule has 3 heterocycles. The first-order valence-electron chi connectivity index (χ1n) is 10.0. The number of carbonyl (C=O) groups excluding carboxylic acids is 2. The Morgan fingerprint density at radius 3 is 2.64 bits per heavy atom. The molecule has 0 bridgehead atoms. The maximum Gasteiger partial charge on any atom is 0.336 e. The highest BCUT2D eigenvalue weighted by Gasteiger charge is 2.53. The molecule has 4 rings (SSSR count). The van der Waals surface area contributed by atoms with E-state index in [9.17, 15) is 18.8 Å². The number of imidazole rings is 1. The van der Waals surface area contributed by atoms with E-state index in [1.165, 1.54) is 36.0 Å². The van der Waals surface area contributed by atoms with Crippen molar-refractivity contribution in [2.24, 2.45) is 0 Å². The van der Waals surface area contributed by atoms with Crippen LogP contribution in [0.15, 0.2) is 42.2 Å². The Kier molecular flexibility index (Phi) is 6.20. The van der Waals surface area contributed by atoms with Crippen molar-refractivity contribution in [3.63, 3.8) is 0 Å². The summed E-state index contributed by atoms with van der Waals surface area (Å²) in [6, 6.07) is 5.80. The minimum atomic E-state index is -1.42. The number of amides is 2. The van der Waals surface area contributed by atoms with E-state index in [0.717, 1.165) is 0 Å². The molecule has 1 fully saturated rings. The summed E-state index contributed by atoms with van der Waals surface area (Å²) in [5.41, 5.74) is 0.433. The SMILES string of the molecule is CCC(Cc1cnc[nH]1)(NC(=O)C1OC1C(=O)O)C(=O)Nc1nc(-c2ccc(F)cc2)cs1. The van der Waals surface area contributed by atoms with Gasteiger partial charge in [0.25, 0.3) is 11.8 Å². The molecule has 2 aromatic heterocycles. The van der Waals surface area contributed by atoms with Crippen LogP contribution < -0.4 is 10.6 Å². The van der Waals surface area contributed by atoms with Gasteiger partial charge in [0, 0.05) is 29.3 Å². The number of benzene rings is 1. The second-order valence-corrected chi connectivity index (χ2v) is 8.35. The first-order valence-corrected chi connectivity index (χ1v) is 10.9. The van der Waals surface area contributed by atoms with Crippen molar-refractivity contribution in [1.82, 2.24) is 20.3 Å². The normalized spacial score (nSPS) is 18.8. The number of anilines is 1. The van der Waals surface area contributed by atoms with Gasteiger partial charge in [0.1, 0.15) is 11.4 Å². The number of nitrogens with one attached hydrogen (secondary N) is 3. The van der Waals surface area contributed by atoms with Crippen molar-refractivity contribution in [1.29, 1.82) is 0 Å². The van der Waals surface area contributed by atoms with Crippen molar-refractivity contribution in [2.45, 2.75) is 37.5 Å². The highest BCUT2D eigenvalue weighted by atomic mass is 32.1. The van der Waals surface area contributed by atoms with Crippen LogP contribution in [0, 0.1) is 5.82 Å². The Balaban J connectivity index is 1.54. The molecule has 0 spiro atoms. The van der Waals surface area contributed by atoms with Crippen LogP contribution in [-0.2, 0) is 25.5 Å². The number of ether oxygens (including phenoxy) is 1. The van der Waals surface area contributed by atoms with Gasteiger partial charge in [-0.1, -0.05) is 6.92 Å². The van der Waals surface area contributed by atoms with Crippen molar-refractivity contribution in [3.05, 3.63) is 53.7 Å². The third-order valence-corrected chi connectivity index (χ3v) is 6.06. The number of carbonyl (C=O) groups is 3. The molecule has 1 aliphatic heterocycles. The molecule has 3 atom stereocenters. The Morgan fingerprint density at radius 1 is 1.27 bits per heavy atom. The monoisotopic (exact) mass is 473 g/mol. The Bertz CT molecular complexity index is 1170. The molecule has 12 heteroatoms. The number of carboxylic acid groups (broad SMARTS) is 1. The number of halogens is 1. The largest absolute Gasteiger partial charge is 0.479 e. The molecule has 0 aliphatic carbocycles. The van der Waals surface area contributed by atoms with Crippen LogP contribution in [0.2, 0.25) is 0 Å². The number of rotatable bonds is 9. The summed E-state index contributed by atoms with van der Waals surface area (Å²) in [6.07, 6.45) is 0.884. The number of hydrogen-bond donors (Lipinski definition) is 4. The third kappa shape index (κ3) is 4.91. The van der Waals surface area contributed by atoms with Crippen LogP contribution >= 0.6 is 11.3 Å². The molecule has 3 unspecified atom stereocenters. The maximum atomic E-state index is 13.4. The summed E-state index contributed by atoms with van der Waals surface area (Å²) in [6.45, 7) is 1.73. The van der Waals surface area contributed by atoms with Gasteiger partial charge >= 0.3 is 5.97 Å². The van der Waals surface area contributed by atoms with Crippen LogP contribution in [0.4, 0.5) is 9.52 Å². The van der Waals surface area contributed by atoms with Gasteiger partial charge in [-0.2, -0.15) is 0 Å². The van der Waals surface area contributed by atoms with Gasteiger partial charge in [-0.05, 0) is 30.7 Å². The molecule has 1 aliphatic rings. The van der Waals surface area contributed by atoms with Crippen molar-refractivity contribution >= 4 is 34.3 Å². The Morgan fingerprint density at radius 2 is 2.03 bits per heavy atom. The number of nitrogens with zero attached hydrogens (tertiary/aromatic N) is 2. The molecule has 0 saturated carbocycles. The lowest BCUT2D eigenvalue weighted by Crippen LogP contribution is -2.59. The van der Waals surface area contributed by atoms with E-state index in [2.05, 4.69) is 25.6 Å². The van der Waals surface area contributed by atoms with Gasteiger partial charge < -0.3 is 20.1 Å². The Labute approximate surface area is 191 Å². The van der Waals surface area contributed by atoms with Gasteiger partial charge in [0.2, 0.25) is 0 Å². The number of H-pyrrole nitrogens is 1. The lowest BCUT2D eigenvalue weighted by molar-refractivity contribution is -0.138. The second-order valence-electron chi connectivity index (χ2n) is 7.49. The molecular weight excluding hydrogens is 453 g/mol. The number of aliphatic carboxylic acids is 1. The zero-order chi connectivity index (χ0) is 23.6. The van der Waals surface area contributed by atoms with Gasteiger partial charge in [0.15, 0.2) is 17.3 Å². The number of epoxide rings is 1. The zero-order valence-electron chi connectivity index (χ0n) is 17.4. The van der Waals surface area contributed by atoms with Gasteiger partial charge in [-0.3, -0.25) is 14.9 Å². The van der Waals surface area contributed by atoms with Crippen LogP contribution in [-0.4, -0.2) is 55.6 Å². The fourth-order valence-electron chi connectivity index (χ4n) is 3.37. The fraction of sp³-hybridized carbons (Fsp3) is 0.286. The van der Waals surface area contributed by atoms with Crippen molar-refractivity contribution in [3.8, 4) is 11.3 Å². The van der Waals surface area contributed by atoms with Crippen molar-refractivity contribution in [2.75, 3.05) is 5.32 Å². The third-order valence-electron chi connectivity index (χ3n) is 5.31. The quantitative estimate of drug-likeness (QED) is 0.347. The van der Waals surface area contributed by atoms with E-state index < -0.39 is 35.5 Å². The maximum absolute atomic E-state index is 13.4. The van der Waals surface area contributed by atoms with E-state index in [1.807, 2.05) is 0 Å². The molecule has 4 N–H and O–H groups in total. The molecule has 0 radical (unpaired) electrons. The molecular formula is C21H20FN5O5S. The summed E-state index contributed by atoms with van der Waals surface area (Å²) in [7, 11) is 0. The number of thiazole rings is 1. The lowest BCUT2D eigenvalue weighted by Gasteiger charge is -2.31. The smallest absolute Gasteiger partial charge is 0.336 e. The minimum absolute atomic E-state index is 0.0850. The fourth-order valence-corrected chi connectivity index (χ4v) is 4.08.